The molecular weight excluding hydrogens is 396 g/mol. The highest BCUT2D eigenvalue weighted by Crippen LogP contribution is 2.20. The molecule has 0 aliphatic heterocycles. The highest BCUT2D eigenvalue weighted by atomic mass is 79.9. The van der Waals surface area contributed by atoms with E-state index in [0.717, 1.165) is 21.3 Å². The van der Waals surface area contributed by atoms with Gasteiger partial charge in [0.25, 0.3) is 0 Å². The lowest BCUT2D eigenvalue weighted by atomic mass is 10.2. The van der Waals surface area contributed by atoms with Crippen molar-refractivity contribution in [1.29, 1.82) is 0 Å². The molecule has 7 heteroatoms. The Morgan fingerprint density at radius 3 is 2.73 bits per heavy atom. The van der Waals surface area contributed by atoms with Gasteiger partial charge in [-0.25, -0.2) is 0 Å². The van der Waals surface area contributed by atoms with Gasteiger partial charge in [0.1, 0.15) is 0 Å². The number of nitrogens with zero attached hydrogens (tertiary/aromatic N) is 3. The lowest BCUT2D eigenvalue weighted by molar-refractivity contribution is -0.117. The molecule has 0 aliphatic carbocycles. The molecule has 26 heavy (non-hydrogen) atoms. The van der Waals surface area contributed by atoms with Crippen LogP contribution < -0.4 is 5.32 Å². The van der Waals surface area contributed by atoms with Gasteiger partial charge >= 0.3 is 0 Å². The smallest absolute Gasteiger partial charge is 0.241 e. The molecule has 2 aromatic carbocycles. The fraction of sp³-hybridized carbons (Fsp3) is 0.211. The van der Waals surface area contributed by atoms with Gasteiger partial charge < -0.3 is 9.84 Å². The molecule has 1 aromatic heterocycles. The van der Waals surface area contributed by atoms with Crippen molar-refractivity contribution in [3.63, 3.8) is 0 Å². The number of anilines is 1. The van der Waals surface area contributed by atoms with Crippen molar-refractivity contribution < 1.29 is 9.32 Å². The van der Waals surface area contributed by atoms with E-state index in [1.165, 1.54) is 0 Å². The first-order valence-electron chi connectivity index (χ1n) is 8.13. The molecule has 1 amide bonds. The molecule has 0 saturated heterocycles. The van der Waals surface area contributed by atoms with Gasteiger partial charge in [0.15, 0.2) is 0 Å². The monoisotopic (exact) mass is 414 g/mol. The minimum absolute atomic E-state index is 0.0944. The summed E-state index contributed by atoms with van der Waals surface area (Å²) in [5.74, 6) is 0.896. The maximum atomic E-state index is 12.1. The Morgan fingerprint density at radius 2 is 2.00 bits per heavy atom. The van der Waals surface area contributed by atoms with E-state index in [4.69, 9.17) is 4.52 Å². The van der Waals surface area contributed by atoms with E-state index in [-0.39, 0.29) is 12.5 Å². The van der Waals surface area contributed by atoms with Crippen molar-refractivity contribution in [3.05, 3.63) is 64.5 Å². The molecular formula is C19H19BrN4O2. The number of carbonyl (C=O) groups excluding carboxylic acids is 1. The number of carbonyl (C=O) groups is 1. The summed E-state index contributed by atoms with van der Waals surface area (Å²) < 4.78 is 6.24. The first-order chi connectivity index (χ1) is 12.5. The van der Waals surface area contributed by atoms with Crippen LogP contribution in [-0.4, -0.2) is 34.5 Å². The molecule has 0 aliphatic rings. The van der Waals surface area contributed by atoms with E-state index >= 15 is 0 Å². The highest BCUT2D eigenvalue weighted by molar-refractivity contribution is 9.10. The van der Waals surface area contributed by atoms with E-state index in [1.54, 1.807) is 0 Å². The molecule has 134 valence electrons. The average molecular weight is 415 g/mol. The van der Waals surface area contributed by atoms with Gasteiger partial charge in [-0.3, -0.25) is 9.69 Å². The minimum Gasteiger partial charge on any atom is -0.338 e. The molecule has 0 spiro atoms. The Kier molecular flexibility index (Phi) is 5.80. The van der Waals surface area contributed by atoms with Gasteiger partial charge in [-0.1, -0.05) is 50.9 Å². The predicted octanol–water partition coefficient (Wildman–Crippen LogP) is 3.88. The zero-order valence-corrected chi connectivity index (χ0v) is 16.2. The first kappa shape index (κ1) is 18.3. The minimum atomic E-state index is -0.0944. The second-order valence-electron chi connectivity index (χ2n) is 6.11. The normalized spacial score (nSPS) is 10.9. The molecule has 3 rings (SSSR count). The molecule has 0 unspecified atom stereocenters. The number of hydrogen-bond donors (Lipinski definition) is 1. The highest BCUT2D eigenvalue weighted by Gasteiger charge is 2.13. The zero-order valence-electron chi connectivity index (χ0n) is 14.6. The maximum absolute atomic E-state index is 12.1. The van der Waals surface area contributed by atoms with Crippen LogP contribution in [0, 0.1) is 6.92 Å². The number of hydrogen-bond acceptors (Lipinski definition) is 5. The number of aromatic nitrogens is 2. The van der Waals surface area contributed by atoms with Gasteiger partial charge in [-0.15, -0.1) is 0 Å². The number of aryl methyl sites for hydroxylation is 1. The fourth-order valence-electron chi connectivity index (χ4n) is 2.43. The summed E-state index contributed by atoms with van der Waals surface area (Å²) in [7, 11) is 1.83. The molecule has 0 fully saturated rings. The zero-order chi connectivity index (χ0) is 18.5. The number of benzene rings is 2. The third kappa shape index (κ3) is 5.00. The van der Waals surface area contributed by atoms with Crippen LogP contribution in [-0.2, 0) is 11.3 Å². The fourth-order valence-corrected chi connectivity index (χ4v) is 2.83. The summed E-state index contributed by atoms with van der Waals surface area (Å²) in [6.45, 7) is 2.62. The van der Waals surface area contributed by atoms with Crippen LogP contribution >= 0.6 is 15.9 Å². The van der Waals surface area contributed by atoms with Gasteiger partial charge in [-0.2, -0.15) is 4.98 Å². The predicted molar refractivity (Wildman–Crippen MR) is 104 cm³/mol. The Balaban J connectivity index is 1.55. The van der Waals surface area contributed by atoms with E-state index < -0.39 is 0 Å². The van der Waals surface area contributed by atoms with Crippen LogP contribution in [0.15, 0.2) is 57.5 Å². The molecule has 6 nitrogen and oxygen atoms in total. The molecule has 0 atom stereocenters. The number of amides is 1. The molecule has 0 bridgehead atoms. The largest absolute Gasteiger partial charge is 0.338 e. The van der Waals surface area contributed by atoms with Crippen LogP contribution in [0.5, 0.6) is 0 Å². The van der Waals surface area contributed by atoms with Crippen LogP contribution in [0.25, 0.3) is 11.4 Å². The first-order valence-corrected chi connectivity index (χ1v) is 8.92. The van der Waals surface area contributed by atoms with Crippen molar-refractivity contribution in [2.24, 2.45) is 0 Å². The van der Waals surface area contributed by atoms with Crippen LogP contribution in [0.4, 0.5) is 5.69 Å². The molecule has 0 radical (unpaired) electrons. The SMILES string of the molecule is Cc1ccc(NC(=O)CN(C)Cc2nc(-c3cccc(Br)c3)no2)cc1. The summed E-state index contributed by atoms with van der Waals surface area (Å²) in [4.78, 5) is 18.3. The van der Waals surface area contributed by atoms with E-state index in [2.05, 4.69) is 31.4 Å². The van der Waals surface area contributed by atoms with Crippen LogP contribution in [0.1, 0.15) is 11.5 Å². The average Bonchev–Trinajstić information content (AvgIpc) is 3.05. The van der Waals surface area contributed by atoms with Crippen molar-refractivity contribution >= 4 is 27.5 Å². The molecule has 1 N–H and O–H groups in total. The Hall–Kier alpha value is -2.51. The second-order valence-corrected chi connectivity index (χ2v) is 7.02. The quantitative estimate of drug-likeness (QED) is 0.662. The number of halogens is 1. The topological polar surface area (TPSA) is 71.3 Å². The number of likely N-dealkylation sites (N-methyl/N-ethyl adjacent to an activating group) is 1. The lowest BCUT2D eigenvalue weighted by Crippen LogP contribution is -2.29. The maximum Gasteiger partial charge on any atom is 0.241 e. The Bertz CT molecular complexity index is 893. The van der Waals surface area contributed by atoms with Gasteiger partial charge in [0.05, 0.1) is 13.1 Å². The summed E-state index contributed by atoms with van der Waals surface area (Å²) in [6, 6.07) is 15.4. The summed E-state index contributed by atoms with van der Waals surface area (Å²) >= 11 is 3.43. The van der Waals surface area contributed by atoms with Crippen LogP contribution in [0.3, 0.4) is 0 Å². The molecule has 1 heterocycles. The standard InChI is InChI=1S/C19H19BrN4O2/c1-13-6-8-16(9-7-13)21-17(25)11-24(2)12-18-22-19(23-26-18)14-4-3-5-15(20)10-14/h3-10H,11-12H2,1-2H3,(H,21,25). The summed E-state index contributed by atoms with van der Waals surface area (Å²) in [6.07, 6.45) is 0. The third-order valence-electron chi connectivity index (χ3n) is 3.70. The van der Waals surface area contributed by atoms with E-state index in [1.807, 2.05) is 67.4 Å². The van der Waals surface area contributed by atoms with Crippen molar-refractivity contribution in [2.45, 2.75) is 13.5 Å². The number of nitrogens with one attached hydrogen (secondary N) is 1. The molecule has 0 saturated carbocycles. The third-order valence-corrected chi connectivity index (χ3v) is 4.20. The van der Waals surface area contributed by atoms with Crippen molar-refractivity contribution in [1.82, 2.24) is 15.0 Å². The van der Waals surface area contributed by atoms with E-state index in [9.17, 15) is 4.79 Å². The van der Waals surface area contributed by atoms with Crippen molar-refractivity contribution in [3.8, 4) is 11.4 Å². The van der Waals surface area contributed by atoms with Gasteiger partial charge in [0, 0.05) is 15.7 Å². The Morgan fingerprint density at radius 1 is 1.23 bits per heavy atom. The molecule has 3 aromatic rings. The Labute approximate surface area is 160 Å². The summed E-state index contributed by atoms with van der Waals surface area (Å²) in [5, 5.41) is 6.87. The van der Waals surface area contributed by atoms with Gasteiger partial charge in [0.2, 0.25) is 17.6 Å². The van der Waals surface area contributed by atoms with E-state index in [0.29, 0.717) is 18.3 Å². The van der Waals surface area contributed by atoms with Gasteiger partial charge in [-0.05, 0) is 38.2 Å². The number of rotatable bonds is 6. The second kappa shape index (κ2) is 8.25. The van der Waals surface area contributed by atoms with Crippen molar-refractivity contribution in [2.75, 3.05) is 18.9 Å². The van der Waals surface area contributed by atoms with Crippen LogP contribution in [0.2, 0.25) is 0 Å². The summed E-state index contributed by atoms with van der Waals surface area (Å²) in [5.41, 5.74) is 2.80. The lowest BCUT2D eigenvalue weighted by Gasteiger charge is -2.13.